The molecule has 1 aromatic carbocycles. The third-order valence-corrected chi connectivity index (χ3v) is 5.36. The Labute approximate surface area is 213 Å². The molecule has 1 atom stereocenters. The lowest BCUT2D eigenvalue weighted by Gasteiger charge is -2.19. The number of carbonyl (C=O) groups is 3. The van der Waals surface area contributed by atoms with Crippen LogP contribution < -0.4 is 16.4 Å². The minimum Gasteiger partial charge on any atom is -0.364 e. The number of hydrogen-bond acceptors (Lipinski definition) is 7. The minimum absolute atomic E-state index is 0.0290. The fourth-order valence-electron chi connectivity index (χ4n) is 3.57. The fraction of sp³-hybridized carbons (Fsp3) is 0.423. The van der Waals surface area contributed by atoms with Gasteiger partial charge in [0.05, 0.1) is 17.9 Å². The summed E-state index contributed by atoms with van der Waals surface area (Å²) in [6.07, 6.45) is 4.46. The standard InChI is InChI=1S/C26H37N7O3/c1-7-21-18(3)29-26(24(31-21)25(27)36)30-20-11-8-10-19(15-20)14-17(2)28-22(34)16-33(6)23(35)12-9-13-32(4)5/h8-12,15,17H,7,13-14,16H2,1-6H3,(H2,27,36)(H,28,34)(H,29,30)/b12-9+/t17-/m0/s1. The number of rotatable bonds is 12. The molecule has 10 heteroatoms. The van der Waals surface area contributed by atoms with Crippen LogP contribution in [-0.4, -0.2) is 77.8 Å². The van der Waals surface area contributed by atoms with Gasteiger partial charge in [0.25, 0.3) is 5.91 Å². The number of hydrogen-bond donors (Lipinski definition) is 3. The van der Waals surface area contributed by atoms with Gasteiger partial charge in [0.2, 0.25) is 11.8 Å². The van der Waals surface area contributed by atoms with Gasteiger partial charge in [-0.3, -0.25) is 14.4 Å². The molecule has 0 radical (unpaired) electrons. The quantitative estimate of drug-likeness (QED) is 0.382. The number of anilines is 2. The predicted octanol–water partition coefficient (Wildman–Crippen LogP) is 1.81. The maximum absolute atomic E-state index is 12.4. The summed E-state index contributed by atoms with van der Waals surface area (Å²) in [5, 5.41) is 6.08. The van der Waals surface area contributed by atoms with E-state index >= 15 is 0 Å². The van der Waals surface area contributed by atoms with Crippen LogP contribution in [0.1, 0.15) is 41.3 Å². The summed E-state index contributed by atoms with van der Waals surface area (Å²) in [5.41, 5.74) is 8.77. The van der Waals surface area contributed by atoms with Crippen LogP contribution in [0.4, 0.5) is 11.5 Å². The van der Waals surface area contributed by atoms with Gasteiger partial charge in [-0.15, -0.1) is 0 Å². The number of nitrogens with one attached hydrogen (secondary N) is 2. The van der Waals surface area contributed by atoms with Crippen molar-refractivity contribution < 1.29 is 14.4 Å². The van der Waals surface area contributed by atoms with Gasteiger partial charge in [0.15, 0.2) is 11.5 Å². The Bertz CT molecular complexity index is 1110. The van der Waals surface area contributed by atoms with Gasteiger partial charge < -0.3 is 26.2 Å². The predicted molar refractivity (Wildman–Crippen MR) is 141 cm³/mol. The monoisotopic (exact) mass is 495 g/mol. The molecule has 0 saturated heterocycles. The van der Waals surface area contributed by atoms with Crippen LogP contribution in [-0.2, 0) is 22.4 Å². The number of nitrogens with zero attached hydrogens (tertiary/aromatic N) is 4. The molecule has 194 valence electrons. The topological polar surface area (TPSA) is 134 Å². The Hall–Kier alpha value is -3.79. The van der Waals surface area contributed by atoms with Gasteiger partial charge >= 0.3 is 0 Å². The van der Waals surface area contributed by atoms with Crippen LogP contribution >= 0.6 is 0 Å². The van der Waals surface area contributed by atoms with E-state index in [4.69, 9.17) is 5.73 Å². The van der Waals surface area contributed by atoms with E-state index in [2.05, 4.69) is 20.6 Å². The number of benzene rings is 1. The first-order valence-electron chi connectivity index (χ1n) is 11.9. The van der Waals surface area contributed by atoms with Crippen molar-refractivity contribution in [1.82, 2.24) is 25.1 Å². The Morgan fingerprint density at radius 2 is 1.89 bits per heavy atom. The zero-order valence-corrected chi connectivity index (χ0v) is 22.0. The van der Waals surface area contributed by atoms with Crippen molar-refractivity contribution in [3.63, 3.8) is 0 Å². The van der Waals surface area contributed by atoms with Crippen LogP contribution in [0, 0.1) is 6.92 Å². The second kappa shape index (κ2) is 13.3. The Kier molecular flexibility index (Phi) is 10.5. The minimum atomic E-state index is -0.649. The highest BCUT2D eigenvalue weighted by atomic mass is 16.2. The van der Waals surface area contributed by atoms with E-state index in [1.54, 1.807) is 13.1 Å². The molecule has 0 fully saturated rings. The van der Waals surface area contributed by atoms with E-state index in [0.717, 1.165) is 22.6 Å². The summed E-state index contributed by atoms with van der Waals surface area (Å²) < 4.78 is 0. The highest BCUT2D eigenvalue weighted by Crippen LogP contribution is 2.21. The summed E-state index contributed by atoms with van der Waals surface area (Å²) in [4.78, 5) is 48.7. The molecule has 4 N–H and O–H groups in total. The third-order valence-electron chi connectivity index (χ3n) is 5.36. The van der Waals surface area contributed by atoms with Gasteiger partial charge in [-0.2, -0.15) is 0 Å². The van der Waals surface area contributed by atoms with Crippen molar-refractivity contribution in [2.75, 3.05) is 39.5 Å². The smallest absolute Gasteiger partial charge is 0.271 e. The number of amides is 3. The van der Waals surface area contributed by atoms with E-state index in [1.165, 1.54) is 11.0 Å². The Morgan fingerprint density at radius 3 is 2.53 bits per heavy atom. The zero-order valence-electron chi connectivity index (χ0n) is 22.0. The van der Waals surface area contributed by atoms with Gasteiger partial charge in [-0.25, -0.2) is 9.97 Å². The lowest BCUT2D eigenvalue weighted by Crippen LogP contribution is -2.42. The van der Waals surface area contributed by atoms with Crippen LogP contribution in [0.2, 0.25) is 0 Å². The van der Waals surface area contributed by atoms with E-state index in [0.29, 0.717) is 25.2 Å². The molecule has 3 amide bonds. The average Bonchev–Trinajstić information content (AvgIpc) is 2.78. The summed E-state index contributed by atoms with van der Waals surface area (Å²) in [5.74, 6) is -0.799. The third kappa shape index (κ3) is 8.77. The first kappa shape index (κ1) is 28.4. The number of likely N-dealkylation sites (N-methyl/N-ethyl adjacent to an activating group) is 2. The van der Waals surface area contributed by atoms with E-state index in [-0.39, 0.29) is 30.1 Å². The zero-order chi connectivity index (χ0) is 26.8. The Morgan fingerprint density at radius 1 is 1.17 bits per heavy atom. The second-order valence-corrected chi connectivity index (χ2v) is 9.03. The number of primary amides is 1. The number of carbonyl (C=O) groups excluding carboxylic acids is 3. The van der Waals surface area contributed by atoms with Crippen molar-refractivity contribution in [2.24, 2.45) is 5.73 Å². The number of aryl methyl sites for hydroxylation is 2. The Balaban J connectivity index is 1.99. The summed E-state index contributed by atoms with van der Waals surface area (Å²) in [7, 11) is 5.42. The summed E-state index contributed by atoms with van der Waals surface area (Å²) >= 11 is 0. The molecule has 1 aromatic heterocycles. The maximum atomic E-state index is 12.4. The molecular weight excluding hydrogens is 458 g/mol. The maximum Gasteiger partial charge on any atom is 0.271 e. The van der Waals surface area contributed by atoms with Crippen molar-refractivity contribution in [3.05, 3.63) is 59.1 Å². The van der Waals surface area contributed by atoms with Crippen molar-refractivity contribution in [3.8, 4) is 0 Å². The molecule has 1 heterocycles. The van der Waals surface area contributed by atoms with Gasteiger partial charge in [-0.05, 0) is 58.5 Å². The molecule has 0 saturated carbocycles. The van der Waals surface area contributed by atoms with Gasteiger partial charge in [-0.1, -0.05) is 25.1 Å². The average molecular weight is 496 g/mol. The SMILES string of the molecule is CCc1nc(C(N)=O)c(Nc2cccc(C[C@H](C)NC(=O)CN(C)C(=O)/C=C/CN(C)C)c2)nc1C. The first-order chi connectivity index (χ1) is 17.0. The molecule has 0 aliphatic rings. The molecule has 0 bridgehead atoms. The second-order valence-electron chi connectivity index (χ2n) is 9.03. The first-order valence-corrected chi connectivity index (χ1v) is 11.9. The fourth-order valence-corrected chi connectivity index (χ4v) is 3.57. The van der Waals surface area contributed by atoms with Crippen molar-refractivity contribution in [2.45, 2.75) is 39.7 Å². The molecule has 0 unspecified atom stereocenters. The molecule has 0 spiro atoms. The summed E-state index contributed by atoms with van der Waals surface area (Å²) in [6, 6.07) is 7.44. The lowest BCUT2D eigenvalue weighted by molar-refractivity contribution is -0.131. The van der Waals surface area contributed by atoms with Crippen LogP contribution in [0.3, 0.4) is 0 Å². The number of nitrogens with two attached hydrogens (primary N) is 1. The molecule has 36 heavy (non-hydrogen) atoms. The van der Waals surface area contributed by atoms with Gasteiger partial charge in [0, 0.05) is 31.4 Å². The molecule has 2 aromatic rings. The normalized spacial score (nSPS) is 12.0. The van der Waals surface area contributed by atoms with Crippen LogP contribution in [0.25, 0.3) is 0 Å². The summed E-state index contributed by atoms with van der Waals surface area (Å²) in [6.45, 7) is 6.31. The molecule has 2 rings (SSSR count). The van der Waals surface area contributed by atoms with E-state index in [1.807, 2.05) is 64.0 Å². The van der Waals surface area contributed by atoms with Crippen molar-refractivity contribution in [1.29, 1.82) is 0 Å². The van der Waals surface area contributed by atoms with Crippen molar-refractivity contribution >= 4 is 29.2 Å². The number of aromatic nitrogens is 2. The molecular formula is C26H37N7O3. The lowest BCUT2D eigenvalue weighted by atomic mass is 10.1. The van der Waals surface area contributed by atoms with Crippen LogP contribution in [0.15, 0.2) is 36.4 Å². The van der Waals surface area contributed by atoms with Crippen LogP contribution in [0.5, 0.6) is 0 Å². The largest absolute Gasteiger partial charge is 0.364 e. The highest BCUT2D eigenvalue weighted by Gasteiger charge is 2.16. The van der Waals surface area contributed by atoms with E-state index < -0.39 is 5.91 Å². The molecule has 10 nitrogen and oxygen atoms in total. The highest BCUT2D eigenvalue weighted by molar-refractivity contribution is 5.96. The van der Waals surface area contributed by atoms with Gasteiger partial charge in [0.1, 0.15) is 0 Å². The molecule has 0 aliphatic heterocycles. The molecule has 0 aliphatic carbocycles. The van der Waals surface area contributed by atoms with E-state index in [9.17, 15) is 14.4 Å².